The zero-order chi connectivity index (χ0) is 13.8. The Morgan fingerprint density at radius 3 is 2.45 bits per heavy atom. The van der Waals surface area contributed by atoms with E-state index in [1.165, 1.54) is 18.4 Å². The van der Waals surface area contributed by atoms with E-state index in [1.54, 1.807) is 7.11 Å². The van der Waals surface area contributed by atoms with Gasteiger partial charge in [0, 0.05) is 18.7 Å². The molecule has 0 unspecified atom stereocenters. The first-order valence-corrected chi connectivity index (χ1v) is 6.98. The zero-order valence-electron chi connectivity index (χ0n) is 11.6. The lowest BCUT2D eigenvalue weighted by atomic mass is 10.2. The molecule has 3 heteroatoms. The fourth-order valence-electron chi connectivity index (χ4n) is 2.03. The van der Waals surface area contributed by atoms with Gasteiger partial charge in [-0.3, -0.25) is 0 Å². The van der Waals surface area contributed by atoms with E-state index < -0.39 is 0 Å². The van der Waals surface area contributed by atoms with Crippen LogP contribution in [0.1, 0.15) is 18.4 Å². The van der Waals surface area contributed by atoms with Gasteiger partial charge in [0.15, 0.2) is 0 Å². The minimum atomic E-state index is 0.739. The normalized spacial score (nSPS) is 14.1. The molecule has 0 spiro atoms. The maximum Gasteiger partial charge on any atom is 0.131 e. The predicted molar refractivity (Wildman–Crippen MR) is 79.4 cm³/mol. The van der Waals surface area contributed by atoms with E-state index in [4.69, 9.17) is 9.47 Å². The molecule has 0 heterocycles. The van der Waals surface area contributed by atoms with E-state index in [-0.39, 0.29) is 0 Å². The number of hydrogen-bond donors (Lipinski definition) is 1. The topological polar surface area (TPSA) is 30.5 Å². The van der Waals surface area contributed by atoms with E-state index >= 15 is 0 Å². The smallest absolute Gasteiger partial charge is 0.131 e. The monoisotopic (exact) mass is 269 g/mol. The lowest BCUT2D eigenvalue weighted by Crippen LogP contribution is -2.14. The molecule has 1 aliphatic rings. The maximum atomic E-state index is 5.81. The van der Waals surface area contributed by atoms with Crippen molar-refractivity contribution in [1.29, 1.82) is 0 Å². The molecule has 0 amide bonds. The van der Waals surface area contributed by atoms with Crippen LogP contribution in [0, 0.1) is 0 Å². The van der Waals surface area contributed by atoms with Crippen LogP contribution in [0.15, 0.2) is 48.5 Å². The molecule has 0 saturated heterocycles. The second kappa shape index (κ2) is 5.97. The van der Waals surface area contributed by atoms with Crippen molar-refractivity contribution in [1.82, 2.24) is 5.32 Å². The molecule has 1 N–H and O–H groups in total. The first-order valence-electron chi connectivity index (χ1n) is 6.98. The van der Waals surface area contributed by atoms with Crippen molar-refractivity contribution < 1.29 is 9.47 Å². The van der Waals surface area contributed by atoms with Crippen molar-refractivity contribution in [3.05, 3.63) is 54.1 Å². The van der Waals surface area contributed by atoms with Gasteiger partial charge in [-0.2, -0.15) is 0 Å². The number of ether oxygens (including phenoxy) is 2. The van der Waals surface area contributed by atoms with Crippen LogP contribution in [0.2, 0.25) is 0 Å². The van der Waals surface area contributed by atoms with Gasteiger partial charge in [0.25, 0.3) is 0 Å². The molecule has 2 aromatic rings. The van der Waals surface area contributed by atoms with Crippen molar-refractivity contribution in [2.24, 2.45) is 0 Å². The standard InChI is InChI=1S/C17H19NO2/c1-19-16-3-2-4-17(11-16)20-15-9-5-13(6-10-15)12-18-14-7-8-14/h2-6,9-11,14,18H,7-8,12H2,1H3. The molecule has 0 atom stereocenters. The van der Waals surface area contributed by atoms with Crippen molar-refractivity contribution in [3.63, 3.8) is 0 Å². The Morgan fingerprint density at radius 2 is 1.75 bits per heavy atom. The molecule has 0 aromatic heterocycles. The van der Waals surface area contributed by atoms with Gasteiger partial charge in [-0.25, -0.2) is 0 Å². The summed E-state index contributed by atoms with van der Waals surface area (Å²) in [6, 6.07) is 16.6. The lowest BCUT2D eigenvalue weighted by molar-refractivity contribution is 0.409. The molecule has 3 nitrogen and oxygen atoms in total. The predicted octanol–water partition coefficient (Wildman–Crippen LogP) is 3.74. The quantitative estimate of drug-likeness (QED) is 0.866. The van der Waals surface area contributed by atoms with Gasteiger partial charge >= 0.3 is 0 Å². The van der Waals surface area contributed by atoms with Gasteiger partial charge in [-0.15, -0.1) is 0 Å². The first kappa shape index (κ1) is 13.0. The second-order valence-corrected chi connectivity index (χ2v) is 5.08. The first-order chi connectivity index (χ1) is 9.83. The van der Waals surface area contributed by atoms with E-state index in [2.05, 4.69) is 17.4 Å². The number of hydrogen-bond acceptors (Lipinski definition) is 3. The van der Waals surface area contributed by atoms with Crippen LogP contribution in [0.5, 0.6) is 17.2 Å². The van der Waals surface area contributed by atoms with Crippen LogP contribution in [-0.2, 0) is 6.54 Å². The van der Waals surface area contributed by atoms with E-state index in [0.29, 0.717) is 0 Å². The Labute approximate surface area is 119 Å². The highest BCUT2D eigenvalue weighted by Gasteiger charge is 2.19. The van der Waals surface area contributed by atoms with Gasteiger partial charge in [0.1, 0.15) is 17.2 Å². The molecule has 2 aromatic carbocycles. The average molecular weight is 269 g/mol. The number of nitrogens with one attached hydrogen (secondary N) is 1. The molecular formula is C17H19NO2. The summed E-state index contributed by atoms with van der Waals surface area (Å²) < 4.78 is 11.0. The van der Waals surface area contributed by atoms with Gasteiger partial charge in [0.05, 0.1) is 7.11 Å². The van der Waals surface area contributed by atoms with Gasteiger partial charge in [-0.05, 0) is 42.7 Å². The molecule has 104 valence electrons. The van der Waals surface area contributed by atoms with E-state index in [1.807, 2.05) is 36.4 Å². The molecule has 20 heavy (non-hydrogen) atoms. The highest BCUT2D eigenvalue weighted by atomic mass is 16.5. The van der Waals surface area contributed by atoms with Crippen LogP contribution < -0.4 is 14.8 Å². The summed E-state index contributed by atoms with van der Waals surface area (Å²) in [4.78, 5) is 0. The summed E-state index contributed by atoms with van der Waals surface area (Å²) in [5, 5.41) is 3.50. The number of benzene rings is 2. The summed E-state index contributed by atoms with van der Waals surface area (Å²) in [7, 11) is 1.65. The fourth-order valence-corrected chi connectivity index (χ4v) is 2.03. The van der Waals surface area contributed by atoms with Gasteiger partial charge in [-0.1, -0.05) is 18.2 Å². The Morgan fingerprint density at radius 1 is 1.00 bits per heavy atom. The van der Waals surface area contributed by atoms with Crippen molar-refractivity contribution in [2.75, 3.05) is 7.11 Å². The minimum absolute atomic E-state index is 0.739. The third-order valence-electron chi connectivity index (χ3n) is 3.37. The average Bonchev–Trinajstić information content (AvgIpc) is 3.31. The van der Waals surface area contributed by atoms with E-state index in [9.17, 15) is 0 Å². The molecular weight excluding hydrogens is 250 g/mol. The third kappa shape index (κ3) is 3.52. The highest BCUT2D eigenvalue weighted by molar-refractivity contribution is 5.37. The molecule has 1 saturated carbocycles. The third-order valence-corrected chi connectivity index (χ3v) is 3.37. The summed E-state index contributed by atoms with van der Waals surface area (Å²) >= 11 is 0. The molecule has 1 aliphatic carbocycles. The SMILES string of the molecule is COc1cccc(Oc2ccc(CNC3CC3)cc2)c1. The van der Waals surface area contributed by atoms with Crippen molar-refractivity contribution in [3.8, 4) is 17.2 Å². The molecule has 0 aliphatic heterocycles. The van der Waals surface area contributed by atoms with Crippen molar-refractivity contribution in [2.45, 2.75) is 25.4 Å². The van der Waals surface area contributed by atoms with E-state index in [0.717, 1.165) is 29.8 Å². The molecule has 3 rings (SSSR count). The van der Waals surface area contributed by atoms with Crippen LogP contribution in [-0.4, -0.2) is 13.2 Å². The Balaban J connectivity index is 1.61. The van der Waals surface area contributed by atoms with Crippen LogP contribution in [0.4, 0.5) is 0 Å². The Bertz CT molecular complexity index is 561. The Kier molecular flexibility index (Phi) is 3.88. The fraction of sp³-hybridized carbons (Fsp3) is 0.294. The number of rotatable bonds is 6. The van der Waals surface area contributed by atoms with Crippen LogP contribution in [0.25, 0.3) is 0 Å². The van der Waals surface area contributed by atoms with Gasteiger partial charge < -0.3 is 14.8 Å². The minimum Gasteiger partial charge on any atom is -0.497 e. The molecule has 1 fully saturated rings. The molecule has 0 bridgehead atoms. The summed E-state index contributed by atoms with van der Waals surface area (Å²) in [5.74, 6) is 2.43. The lowest BCUT2D eigenvalue weighted by Gasteiger charge is -2.08. The molecule has 0 radical (unpaired) electrons. The maximum absolute atomic E-state index is 5.81. The van der Waals surface area contributed by atoms with Crippen molar-refractivity contribution >= 4 is 0 Å². The largest absolute Gasteiger partial charge is 0.497 e. The summed E-state index contributed by atoms with van der Waals surface area (Å²) in [6.45, 7) is 0.935. The second-order valence-electron chi connectivity index (χ2n) is 5.08. The number of methoxy groups -OCH3 is 1. The zero-order valence-corrected chi connectivity index (χ0v) is 11.6. The summed E-state index contributed by atoms with van der Waals surface area (Å²) in [5.41, 5.74) is 1.29. The highest BCUT2D eigenvalue weighted by Crippen LogP contribution is 2.25. The van der Waals surface area contributed by atoms with Gasteiger partial charge in [0.2, 0.25) is 0 Å². The summed E-state index contributed by atoms with van der Waals surface area (Å²) in [6.07, 6.45) is 2.63. The Hall–Kier alpha value is -2.00. The van der Waals surface area contributed by atoms with Crippen LogP contribution in [0.3, 0.4) is 0 Å². The van der Waals surface area contributed by atoms with Crippen LogP contribution >= 0.6 is 0 Å².